The topological polar surface area (TPSA) is 61.4 Å². The molecule has 5 nitrogen and oxygen atoms in total. The molecular weight excluding hydrogens is 333 g/mol. The summed E-state index contributed by atoms with van der Waals surface area (Å²) < 4.78 is 13.2. The molecule has 0 fully saturated rings. The summed E-state index contributed by atoms with van der Waals surface area (Å²) in [6.07, 6.45) is 1.89. The number of benzene rings is 2. The number of halogens is 1. The van der Waals surface area contributed by atoms with Gasteiger partial charge in [0.15, 0.2) is 0 Å². The van der Waals surface area contributed by atoms with E-state index in [1.165, 1.54) is 12.1 Å². The first-order valence-electron chi connectivity index (χ1n) is 8.76. The zero-order valence-corrected chi connectivity index (χ0v) is 14.9. The SMILES string of the molecule is CCCC(=O)NCCCN(C(=O)Nc1ccccc1)c1ccc(F)cc1. The number of carbonyl (C=O) groups excluding carboxylic acids is 2. The van der Waals surface area contributed by atoms with Crippen molar-refractivity contribution >= 4 is 23.3 Å². The molecule has 26 heavy (non-hydrogen) atoms. The highest BCUT2D eigenvalue weighted by Gasteiger charge is 2.16. The van der Waals surface area contributed by atoms with Crippen LogP contribution in [0.25, 0.3) is 0 Å². The van der Waals surface area contributed by atoms with E-state index >= 15 is 0 Å². The Kier molecular flexibility index (Phi) is 7.61. The minimum atomic E-state index is -0.357. The van der Waals surface area contributed by atoms with Crippen LogP contribution in [0.5, 0.6) is 0 Å². The van der Waals surface area contributed by atoms with Crippen molar-refractivity contribution in [1.82, 2.24) is 5.32 Å². The number of rotatable bonds is 8. The van der Waals surface area contributed by atoms with Gasteiger partial charge in [0.2, 0.25) is 5.91 Å². The Labute approximate surface area is 153 Å². The summed E-state index contributed by atoms with van der Waals surface area (Å²) in [6, 6.07) is 14.6. The standard InChI is InChI=1S/C20H24FN3O2/c1-2-7-19(25)22-14-6-15-24(18-12-10-16(21)11-13-18)20(26)23-17-8-4-3-5-9-17/h3-5,8-13H,2,6-7,14-15H2,1H3,(H,22,25)(H,23,26). The molecule has 0 aromatic heterocycles. The summed E-state index contributed by atoms with van der Waals surface area (Å²) in [5, 5.41) is 5.66. The number of urea groups is 1. The smallest absolute Gasteiger partial charge is 0.326 e. The van der Waals surface area contributed by atoms with Crippen LogP contribution in [0.2, 0.25) is 0 Å². The molecule has 0 atom stereocenters. The van der Waals surface area contributed by atoms with Crippen LogP contribution >= 0.6 is 0 Å². The molecule has 0 heterocycles. The van der Waals surface area contributed by atoms with Gasteiger partial charge in [0.05, 0.1) is 0 Å². The second-order valence-corrected chi connectivity index (χ2v) is 5.88. The maximum Gasteiger partial charge on any atom is 0.326 e. The highest BCUT2D eigenvalue weighted by atomic mass is 19.1. The number of hydrogen-bond acceptors (Lipinski definition) is 2. The van der Waals surface area contributed by atoms with Gasteiger partial charge < -0.3 is 10.6 Å². The number of nitrogens with one attached hydrogen (secondary N) is 2. The lowest BCUT2D eigenvalue weighted by Crippen LogP contribution is -2.37. The van der Waals surface area contributed by atoms with Gasteiger partial charge in [-0.05, 0) is 49.2 Å². The van der Waals surface area contributed by atoms with Crippen molar-refractivity contribution in [1.29, 1.82) is 0 Å². The van der Waals surface area contributed by atoms with Gasteiger partial charge in [-0.15, -0.1) is 0 Å². The van der Waals surface area contributed by atoms with Crippen LogP contribution in [0.15, 0.2) is 54.6 Å². The van der Waals surface area contributed by atoms with E-state index in [9.17, 15) is 14.0 Å². The lowest BCUT2D eigenvalue weighted by Gasteiger charge is -2.23. The molecule has 0 spiro atoms. The third kappa shape index (κ3) is 6.20. The second kappa shape index (κ2) is 10.2. The number of anilines is 2. The molecular formula is C20H24FN3O2. The molecule has 0 aliphatic rings. The Morgan fingerprint density at radius 3 is 2.38 bits per heavy atom. The molecule has 0 saturated carbocycles. The first-order valence-corrected chi connectivity index (χ1v) is 8.76. The van der Waals surface area contributed by atoms with Gasteiger partial charge in [-0.2, -0.15) is 0 Å². The maximum absolute atomic E-state index is 13.2. The fourth-order valence-corrected chi connectivity index (χ4v) is 2.46. The van der Waals surface area contributed by atoms with Crippen LogP contribution in [0.4, 0.5) is 20.6 Å². The van der Waals surface area contributed by atoms with E-state index in [1.54, 1.807) is 29.2 Å². The summed E-state index contributed by atoms with van der Waals surface area (Å²) >= 11 is 0. The summed E-state index contributed by atoms with van der Waals surface area (Å²) in [6.45, 7) is 2.83. The van der Waals surface area contributed by atoms with E-state index in [4.69, 9.17) is 0 Å². The molecule has 0 aliphatic carbocycles. The monoisotopic (exact) mass is 357 g/mol. The molecule has 2 aromatic carbocycles. The minimum absolute atomic E-state index is 0.00886. The Balaban J connectivity index is 2.00. The summed E-state index contributed by atoms with van der Waals surface area (Å²) in [4.78, 5) is 25.7. The highest BCUT2D eigenvalue weighted by Crippen LogP contribution is 2.17. The molecule has 0 radical (unpaired) electrons. The molecule has 3 amide bonds. The Morgan fingerprint density at radius 2 is 1.73 bits per heavy atom. The second-order valence-electron chi connectivity index (χ2n) is 5.88. The summed E-state index contributed by atoms with van der Waals surface area (Å²) in [5.41, 5.74) is 1.28. The lowest BCUT2D eigenvalue weighted by molar-refractivity contribution is -0.121. The van der Waals surface area contributed by atoms with Crippen molar-refractivity contribution in [2.24, 2.45) is 0 Å². The van der Waals surface area contributed by atoms with Crippen LogP contribution in [-0.4, -0.2) is 25.0 Å². The van der Waals surface area contributed by atoms with Gasteiger partial charge in [-0.3, -0.25) is 9.69 Å². The maximum atomic E-state index is 13.2. The van der Waals surface area contributed by atoms with E-state index in [0.717, 1.165) is 6.42 Å². The average molecular weight is 357 g/mol. The third-order valence-electron chi connectivity index (χ3n) is 3.77. The third-order valence-corrected chi connectivity index (χ3v) is 3.77. The zero-order valence-electron chi connectivity index (χ0n) is 14.9. The van der Waals surface area contributed by atoms with Gasteiger partial charge >= 0.3 is 6.03 Å². The van der Waals surface area contributed by atoms with E-state index in [0.29, 0.717) is 37.3 Å². The molecule has 0 bridgehead atoms. The van der Waals surface area contributed by atoms with Crippen LogP contribution < -0.4 is 15.5 Å². The minimum Gasteiger partial charge on any atom is -0.356 e. The molecule has 0 unspecified atom stereocenters. The number of hydrogen-bond donors (Lipinski definition) is 2. The normalized spacial score (nSPS) is 10.2. The number of amides is 3. The number of carbonyl (C=O) groups is 2. The van der Waals surface area contributed by atoms with Crippen LogP contribution in [-0.2, 0) is 4.79 Å². The Bertz CT molecular complexity index is 705. The number of nitrogens with zero attached hydrogens (tertiary/aromatic N) is 1. The summed E-state index contributed by atoms with van der Waals surface area (Å²) in [5.74, 6) is -0.349. The van der Waals surface area contributed by atoms with Gasteiger partial charge in [0.1, 0.15) is 5.82 Å². The fourth-order valence-electron chi connectivity index (χ4n) is 2.46. The Hall–Kier alpha value is -2.89. The zero-order chi connectivity index (χ0) is 18.8. The van der Waals surface area contributed by atoms with E-state index < -0.39 is 0 Å². The van der Waals surface area contributed by atoms with Gasteiger partial charge in [0.25, 0.3) is 0 Å². The predicted octanol–water partition coefficient (Wildman–Crippen LogP) is 4.17. The van der Waals surface area contributed by atoms with Crippen LogP contribution in [0.3, 0.4) is 0 Å². The lowest BCUT2D eigenvalue weighted by atomic mass is 10.2. The first-order chi connectivity index (χ1) is 12.6. The predicted molar refractivity (Wildman–Crippen MR) is 102 cm³/mol. The van der Waals surface area contributed by atoms with Gasteiger partial charge in [-0.25, -0.2) is 9.18 Å². The average Bonchev–Trinajstić information content (AvgIpc) is 2.64. The van der Waals surface area contributed by atoms with Crippen LogP contribution in [0.1, 0.15) is 26.2 Å². The van der Waals surface area contributed by atoms with Gasteiger partial charge in [-0.1, -0.05) is 25.1 Å². The summed E-state index contributed by atoms with van der Waals surface area (Å²) in [7, 11) is 0. The molecule has 2 rings (SSSR count). The van der Waals surface area contributed by atoms with Crippen molar-refractivity contribution in [3.63, 3.8) is 0 Å². The quantitative estimate of drug-likeness (QED) is 0.697. The highest BCUT2D eigenvalue weighted by molar-refractivity contribution is 6.01. The Morgan fingerprint density at radius 1 is 1.04 bits per heavy atom. The molecule has 0 saturated heterocycles. The molecule has 2 N–H and O–H groups in total. The molecule has 138 valence electrons. The molecule has 2 aromatic rings. The van der Waals surface area contributed by atoms with Crippen LogP contribution in [0, 0.1) is 5.82 Å². The van der Waals surface area contributed by atoms with Crippen molar-refractivity contribution in [3.8, 4) is 0 Å². The fraction of sp³-hybridized carbons (Fsp3) is 0.300. The van der Waals surface area contributed by atoms with Crippen molar-refractivity contribution in [3.05, 3.63) is 60.4 Å². The largest absolute Gasteiger partial charge is 0.356 e. The van der Waals surface area contributed by atoms with E-state index in [-0.39, 0.29) is 17.8 Å². The van der Waals surface area contributed by atoms with Crippen molar-refractivity contribution in [2.45, 2.75) is 26.2 Å². The van der Waals surface area contributed by atoms with Crippen molar-refractivity contribution in [2.75, 3.05) is 23.3 Å². The molecule has 6 heteroatoms. The molecule has 0 aliphatic heterocycles. The number of para-hydroxylation sites is 1. The first kappa shape index (κ1) is 19.4. The van der Waals surface area contributed by atoms with Crippen molar-refractivity contribution < 1.29 is 14.0 Å². The van der Waals surface area contributed by atoms with E-state index in [1.807, 2.05) is 25.1 Å². The van der Waals surface area contributed by atoms with E-state index in [2.05, 4.69) is 10.6 Å². The van der Waals surface area contributed by atoms with Gasteiger partial charge in [0, 0.05) is 30.9 Å².